The molecule has 2 nitrogen and oxygen atoms in total. The fourth-order valence-electron chi connectivity index (χ4n) is 2.60. The molecule has 0 N–H and O–H groups in total. The molecular weight excluding hydrogens is 198 g/mol. The van der Waals surface area contributed by atoms with Crippen molar-refractivity contribution in [1.29, 1.82) is 0 Å². The number of pyridine rings is 1. The highest BCUT2D eigenvalue weighted by atomic mass is 35.5. The molecule has 2 aliphatic rings. The van der Waals surface area contributed by atoms with Crippen LogP contribution in [0.1, 0.15) is 30.7 Å². The normalized spacial score (nSPS) is 35.1. The number of ether oxygens (including phenoxy) is 1. The monoisotopic (exact) mass is 209 g/mol. The van der Waals surface area contributed by atoms with E-state index in [1.807, 2.05) is 12.3 Å². The van der Waals surface area contributed by atoms with Crippen LogP contribution in [0.25, 0.3) is 0 Å². The Bertz CT molecular complexity index is 338. The topological polar surface area (TPSA) is 22.1 Å². The first-order chi connectivity index (χ1) is 6.83. The number of nitrogens with zero attached hydrogens (tertiary/aromatic N) is 1. The Hall–Kier alpha value is -0.600. The molecule has 0 saturated carbocycles. The molecule has 1 aromatic rings. The van der Waals surface area contributed by atoms with E-state index in [0.717, 1.165) is 6.42 Å². The fraction of sp³-hybridized carbons (Fsp3) is 0.545. The molecule has 0 aliphatic carbocycles. The number of hydrogen-bond donors (Lipinski definition) is 0. The molecule has 3 heterocycles. The minimum absolute atomic E-state index is 0.433. The van der Waals surface area contributed by atoms with Gasteiger partial charge < -0.3 is 4.74 Å². The molecule has 0 aromatic carbocycles. The highest BCUT2D eigenvalue weighted by Crippen LogP contribution is 2.44. The van der Waals surface area contributed by atoms with Gasteiger partial charge in [0.2, 0.25) is 0 Å². The van der Waals surface area contributed by atoms with Crippen molar-refractivity contribution in [2.45, 2.75) is 37.4 Å². The summed E-state index contributed by atoms with van der Waals surface area (Å²) >= 11 is 5.76. The van der Waals surface area contributed by atoms with Gasteiger partial charge in [0, 0.05) is 12.1 Å². The molecule has 14 heavy (non-hydrogen) atoms. The summed E-state index contributed by atoms with van der Waals surface area (Å²) in [6.07, 6.45) is 6.43. The van der Waals surface area contributed by atoms with Gasteiger partial charge in [0.15, 0.2) is 0 Å². The van der Waals surface area contributed by atoms with Gasteiger partial charge in [-0.1, -0.05) is 17.7 Å². The lowest BCUT2D eigenvalue weighted by molar-refractivity contribution is 0.101. The van der Waals surface area contributed by atoms with Crippen LogP contribution in [-0.2, 0) is 4.74 Å². The van der Waals surface area contributed by atoms with Gasteiger partial charge in [-0.2, -0.15) is 0 Å². The molecule has 3 atom stereocenters. The zero-order valence-corrected chi connectivity index (χ0v) is 8.57. The van der Waals surface area contributed by atoms with E-state index in [-0.39, 0.29) is 0 Å². The lowest BCUT2D eigenvalue weighted by Crippen LogP contribution is -2.14. The molecule has 0 unspecified atom stereocenters. The van der Waals surface area contributed by atoms with E-state index < -0.39 is 0 Å². The van der Waals surface area contributed by atoms with Crippen LogP contribution in [0.15, 0.2) is 18.3 Å². The summed E-state index contributed by atoms with van der Waals surface area (Å²) in [6.45, 7) is 0. The predicted molar refractivity (Wildman–Crippen MR) is 54.5 cm³/mol. The largest absolute Gasteiger partial charge is 0.374 e. The third kappa shape index (κ3) is 1.33. The number of aromatic nitrogens is 1. The van der Waals surface area contributed by atoms with E-state index in [9.17, 15) is 0 Å². The van der Waals surface area contributed by atoms with Crippen molar-refractivity contribution in [2.24, 2.45) is 0 Å². The van der Waals surface area contributed by atoms with Gasteiger partial charge in [0.1, 0.15) is 5.15 Å². The molecule has 3 heteroatoms. The lowest BCUT2D eigenvalue weighted by atomic mass is 9.85. The Morgan fingerprint density at radius 1 is 1.36 bits per heavy atom. The highest BCUT2D eigenvalue weighted by Gasteiger charge is 2.41. The molecular formula is C11H12ClNO. The Labute approximate surface area is 88.2 Å². The van der Waals surface area contributed by atoms with Crippen LogP contribution in [0.2, 0.25) is 5.15 Å². The minimum Gasteiger partial charge on any atom is -0.374 e. The van der Waals surface area contributed by atoms with Gasteiger partial charge in [-0.3, -0.25) is 0 Å². The maximum atomic E-state index is 5.81. The maximum absolute atomic E-state index is 5.81. The smallest absolute Gasteiger partial charge is 0.129 e. The summed E-state index contributed by atoms with van der Waals surface area (Å²) in [4.78, 5) is 4.12. The lowest BCUT2D eigenvalue weighted by Gasteiger charge is -2.18. The molecule has 0 spiro atoms. The van der Waals surface area contributed by atoms with E-state index in [1.54, 1.807) is 0 Å². The first-order valence-electron chi connectivity index (χ1n) is 5.10. The van der Waals surface area contributed by atoms with Gasteiger partial charge in [-0.25, -0.2) is 4.98 Å². The molecule has 74 valence electrons. The van der Waals surface area contributed by atoms with Crippen molar-refractivity contribution in [1.82, 2.24) is 4.98 Å². The van der Waals surface area contributed by atoms with E-state index in [2.05, 4.69) is 11.1 Å². The minimum atomic E-state index is 0.433. The quantitative estimate of drug-likeness (QED) is 0.664. The SMILES string of the molecule is Clc1ccc([C@H]2C[C@@H]3CC[C@H]2O3)cn1. The molecule has 2 saturated heterocycles. The van der Waals surface area contributed by atoms with Crippen LogP contribution in [0.3, 0.4) is 0 Å². The molecule has 2 bridgehead atoms. The van der Waals surface area contributed by atoms with Gasteiger partial charge in [-0.05, 0) is 30.9 Å². The first-order valence-corrected chi connectivity index (χ1v) is 5.47. The zero-order valence-electron chi connectivity index (χ0n) is 7.82. The average molecular weight is 210 g/mol. The Morgan fingerprint density at radius 2 is 2.29 bits per heavy atom. The summed E-state index contributed by atoms with van der Waals surface area (Å²) in [5.74, 6) is 0.554. The zero-order chi connectivity index (χ0) is 9.54. The van der Waals surface area contributed by atoms with Crippen molar-refractivity contribution in [2.75, 3.05) is 0 Å². The number of halogens is 1. The summed E-state index contributed by atoms with van der Waals surface area (Å²) in [5, 5.41) is 0.567. The molecule has 3 rings (SSSR count). The molecule has 2 aliphatic heterocycles. The van der Waals surface area contributed by atoms with Gasteiger partial charge >= 0.3 is 0 Å². The maximum Gasteiger partial charge on any atom is 0.129 e. The third-order valence-corrected chi connectivity index (χ3v) is 3.51. The predicted octanol–water partition coefficient (Wildman–Crippen LogP) is 2.77. The Balaban J connectivity index is 1.86. The van der Waals surface area contributed by atoms with Crippen LogP contribution in [0, 0.1) is 0 Å². The van der Waals surface area contributed by atoms with Crippen LogP contribution >= 0.6 is 11.6 Å². The van der Waals surface area contributed by atoms with Crippen LogP contribution in [0.4, 0.5) is 0 Å². The highest BCUT2D eigenvalue weighted by molar-refractivity contribution is 6.29. The molecule has 2 fully saturated rings. The van der Waals surface area contributed by atoms with Crippen LogP contribution < -0.4 is 0 Å². The van der Waals surface area contributed by atoms with E-state index in [1.165, 1.54) is 18.4 Å². The summed E-state index contributed by atoms with van der Waals surface area (Å²) < 4.78 is 5.81. The Kier molecular flexibility index (Phi) is 1.99. The van der Waals surface area contributed by atoms with Crippen molar-refractivity contribution in [3.05, 3.63) is 29.0 Å². The van der Waals surface area contributed by atoms with Crippen LogP contribution in [-0.4, -0.2) is 17.2 Å². The summed E-state index contributed by atoms with van der Waals surface area (Å²) in [6, 6.07) is 3.94. The van der Waals surface area contributed by atoms with Gasteiger partial charge in [0.05, 0.1) is 12.2 Å². The van der Waals surface area contributed by atoms with Crippen molar-refractivity contribution in [3.8, 4) is 0 Å². The average Bonchev–Trinajstić information content (AvgIpc) is 2.80. The Morgan fingerprint density at radius 3 is 2.86 bits per heavy atom. The standard InChI is InChI=1S/C11H12ClNO/c12-11-4-1-7(6-13-11)9-5-8-2-3-10(9)14-8/h1,4,6,8-10H,2-3,5H2/t8-,9+,10+/m0/s1. The molecule has 0 amide bonds. The molecule has 0 radical (unpaired) electrons. The van der Waals surface area contributed by atoms with E-state index in [0.29, 0.717) is 23.3 Å². The van der Waals surface area contributed by atoms with Gasteiger partial charge in [0.25, 0.3) is 0 Å². The van der Waals surface area contributed by atoms with Crippen LogP contribution in [0.5, 0.6) is 0 Å². The van der Waals surface area contributed by atoms with Gasteiger partial charge in [-0.15, -0.1) is 0 Å². The fourth-order valence-corrected chi connectivity index (χ4v) is 2.71. The van der Waals surface area contributed by atoms with E-state index >= 15 is 0 Å². The second kappa shape index (κ2) is 3.21. The second-order valence-electron chi connectivity index (χ2n) is 4.13. The third-order valence-electron chi connectivity index (χ3n) is 3.28. The summed E-state index contributed by atoms with van der Waals surface area (Å²) in [5.41, 5.74) is 1.28. The van der Waals surface area contributed by atoms with E-state index in [4.69, 9.17) is 16.3 Å². The number of rotatable bonds is 1. The van der Waals surface area contributed by atoms with Crippen molar-refractivity contribution < 1.29 is 4.74 Å². The van der Waals surface area contributed by atoms with Crippen molar-refractivity contribution in [3.63, 3.8) is 0 Å². The summed E-state index contributed by atoms with van der Waals surface area (Å²) in [7, 11) is 0. The first kappa shape index (κ1) is 8.69. The number of hydrogen-bond acceptors (Lipinski definition) is 2. The van der Waals surface area contributed by atoms with Crippen molar-refractivity contribution >= 4 is 11.6 Å². The number of fused-ring (bicyclic) bond motifs is 2. The second-order valence-corrected chi connectivity index (χ2v) is 4.52. The molecule has 1 aromatic heterocycles.